The maximum Gasteiger partial charge on any atom is 0.140 e. The Balaban J connectivity index is 2.46. The van der Waals surface area contributed by atoms with Crippen molar-refractivity contribution in [3.63, 3.8) is 0 Å². The average Bonchev–Trinajstić information content (AvgIpc) is 2.73. The highest BCUT2D eigenvalue weighted by molar-refractivity contribution is 5.63. The first-order valence-electron chi connectivity index (χ1n) is 12.5. The van der Waals surface area contributed by atoms with Crippen LogP contribution in [0.1, 0.15) is 130 Å². The van der Waals surface area contributed by atoms with E-state index in [1.54, 1.807) is 0 Å². The molecule has 0 aromatic heterocycles. The second kappa shape index (κ2) is 15.1. The van der Waals surface area contributed by atoms with Gasteiger partial charge in [-0.25, -0.2) is 0 Å². The molecule has 0 saturated heterocycles. The fourth-order valence-electron chi connectivity index (χ4n) is 5.40. The molecule has 1 aliphatic rings. The summed E-state index contributed by atoms with van der Waals surface area (Å²) in [5.41, 5.74) is -0.722. The van der Waals surface area contributed by atoms with Crippen LogP contribution in [0.5, 0.6) is 0 Å². The van der Waals surface area contributed by atoms with Crippen LogP contribution < -0.4 is 0 Å². The molecular weight excluding hydrogens is 342 g/mol. The van der Waals surface area contributed by atoms with Gasteiger partial charge in [-0.1, -0.05) is 104 Å². The van der Waals surface area contributed by atoms with Crippen LogP contribution in [0.25, 0.3) is 0 Å². The molecule has 2 unspecified atom stereocenters. The molecule has 1 fully saturated rings. The Morgan fingerprint density at radius 2 is 1.57 bits per heavy atom. The number of rotatable bonds is 16. The first-order chi connectivity index (χ1) is 13.6. The van der Waals surface area contributed by atoms with Crippen molar-refractivity contribution in [1.29, 1.82) is 5.26 Å². The Kier molecular flexibility index (Phi) is 13.6. The fraction of sp³-hybridized carbons (Fsp3) is 0.923. The van der Waals surface area contributed by atoms with Gasteiger partial charge in [0, 0.05) is 0 Å². The van der Waals surface area contributed by atoms with Crippen LogP contribution in [0.2, 0.25) is 0 Å². The maximum absolute atomic E-state index is 11.5. The molecule has 0 bridgehead atoms. The van der Waals surface area contributed by atoms with Crippen molar-refractivity contribution in [3.05, 3.63) is 0 Å². The molecule has 1 aliphatic carbocycles. The van der Waals surface area contributed by atoms with Gasteiger partial charge in [0.05, 0.1) is 6.07 Å². The summed E-state index contributed by atoms with van der Waals surface area (Å²) < 4.78 is 0. The first-order valence-corrected chi connectivity index (χ1v) is 12.5. The largest absolute Gasteiger partial charge is 0.302 e. The zero-order valence-electron chi connectivity index (χ0n) is 19.2. The lowest BCUT2D eigenvalue weighted by molar-refractivity contribution is -0.114. The van der Waals surface area contributed by atoms with E-state index in [4.69, 9.17) is 0 Å². The fourth-order valence-corrected chi connectivity index (χ4v) is 5.40. The van der Waals surface area contributed by atoms with E-state index < -0.39 is 5.41 Å². The van der Waals surface area contributed by atoms with Crippen LogP contribution in [0.3, 0.4) is 0 Å². The Labute approximate surface area is 175 Å². The molecule has 0 radical (unpaired) electrons. The molecule has 2 atom stereocenters. The molecule has 0 amide bonds. The van der Waals surface area contributed by atoms with Crippen molar-refractivity contribution in [2.75, 3.05) is 0 Å². The van der Waals surface area contributed by atoms with Crippen LogP contribution in [0.4, 0.5) is 0 Å². The average molecular weight is 390 g/mol. The van der Waals surface area contributed by atoms with Crippen LogP contribution in [0.15, 0.2) is 0 Å². The van der Waals surface area contributed by atoms with E-state index in [1.807, 2.05) is 0 Å². The summed E-state index contributed by atoms with van der Waals surface area (Å²) >= 11 is 0. The molecule has 0 heterocycles. The van der Waals surface area contributed by atoms with E-state index in [0.717, 1.165) is 49.7 Å². The molecule has 1 saturated carbocycles. The smallest absolute Gasteiger partial charge is 0.140 e. The van der Waals surface area contributed by atoms with Crippen molar-refractivity contribution >= 4 is 6.29 Å². The molecule has 0 spiro atoms. The van der Waals surface area contributed by atoms with Gasteiger partial charge in [-0.3, -0.25) is 0 Å². The van der Waals surface area contributed by atoms with Crippen molar-refractivity contribution in [3.8, 4) is 6.07 Å². The van der Waals surface area contributed by atoms with Crippen LogP contribution >= 0.6 is 0 Å². The number of nitriles is 1. The lowest BCUT2D eigenvalue weighted by atomic mass is 9.71. The third kappa shape index (κ3) is 9.11. The number of carbonyl (C=O) groups is 1. The predicted octanol–water partition coefficient (Wildman–Crippen LogP) is 8.25. The molecular formula is C26H47NO. The highest BCUT2D eigenvalue weighted by atomic mass is 16.1. The van der Waals surface area contributed by atoms with Crippen molar-refractivity contribution in [1.82, 2.24) is 0 Å². The van der Waals surface area contributed by atoms with Gasteiger partial charge in [-0.15, -0.1) is 0 Å². The molecule has 28 heavy (non-hydrogen) atoms. The minimum absolute atomic E-state index is 0.718. The number of aldehydes is 1. The summed E-state index contributed by atoms with van der Waals surface area (Å²) in [6.45, 7) is 6.65. The summed E-state index contributed by atoms with van der Waals surface area (Å²) in [6.07, 6.45) is 22.3. The van der Waals surface area contributed by atoms with Crippen molar-refractivity contribution in [2.45, 2.75) is 130 Å². The van der Waals surface area contributed by atoms with Crippen LogP contribution in [0, 0.1) is 34.5 Å². The highest BCUT2D eigenvalue weighted by Gasteiger charge is 2.30. The predicted molar refractivity (Wildman–Crippen MR) is 120 cm³/mol. The molecule has 0 aromatic carbocycles. The lowest BCUT2D eigenvalue weighted by Gasteiger charge is -2.34. The number of nitrogens with zero attached hydrogens (tertiary/aromatic N) is 1. The highest BCUT2D eigenvalue weighted by Crippen LogP contribution is 2.40. The molecule has 0 aliphatic heterocycles. The van der Waals surface area contributed by atoms with Gasteiger partial charge < -0.3 is 4.79 Å². The Morgan fingerprint density at radius 3 is 2.14 bits per heavy atom. The third-order valence-corrected chi connectivity index (χ3v) is 7.29. The number of unbranched alkanes of at least 4 members (excludes halogenated alkanes) is 4. The normalized spacial score (nSPS) is 22.9. The maximum atomic E-state index is 11.5. The van der Waals surface area contributed by atoms with Gasteiger partial charge in [0.25, 0.3) is 0 Å². The Hall–Kier alpha value is -0.840. The zero-order valence-corrected chi connectivity index (χ0v) is 19.2. The van der Waals surface area contributed by atoms with Gasteiger partial charge in [0.15, 0.2) is 0 Å². The number of carbonyl (C=O) groups excluding carboxylic acids is 1. The summed E-state index contributed by atoms with van der Waals surface area (Å²) in [5, 5.41) is 9.52. The van der Waals surface area contributed by atoms with E-state index in [0.29, 0.717) is 0 Å². The third-order valence-electron chi connectivity index (χ3n) is 7.29. The Morgan fingerprint density at radius 1 is 0.893 bits per heavy atom. The van der Waals surface area contributed by atoms with Crippen molar-refractivity contribution in [2.24, 2.45) is 23.2 Å². The minimum Gasteiger partial charge on any atom is -0.302 e. The molecule has 1 rings (SSSR count). The SMILES string of the molecule is CCCCCCC1CCC(C(CCCC)CCCC(C#N)(C=O)CCC)CC1. The molecule has 0 aromatic rings. The first kappa shape index (κ1) is 25.2. The van der Waals surface area contributed by atoms with E-state index >= 15 is 0 Å². The molecule has 2 heteroatoms. The van der Waals surface area contributed by atoms with Crippen LogP contribution in [-0.2, 0) is 4.79 Å². The number of hydrogen-bond donors (Lipinski definition) is 0. The van der Waals surface area contributed by atoms with E-state index in [-0.39, 0.29) is 0 Å². The quantitative estimate of drug-likeness (QED) is 0.197. The second-order valence-corrected chi connectivity index (χ2v) is 9.56. The van der Waals surface area contributed by atoms with Crippen LogP contribution in [-0.4, -0.2) is 6.29 Å². The minimum atomic E-state index is -0.722. The topological polar surface area (TPSA) is 40.9 Å². The Bertz CT molecular complexity index is 432. The number of hydrogen-bond acceptors (Lipinski definition) is 2. The molecule has 2 nitrogen and oxygen atoms in total. The summed E-state index contributed by atoms with van der Waals surface area (Å²) in [7, 11) is 0. The summed E-state index contributed by atoms with van der Waals surface area (Å²) in [4.78, 5) is 11.5. The van der Waals surface area contributed by atoms with E-state index in [9.17, 15) is 10.1 Å². The standard InChI is InChI=1S/C26H47NO/c1-4-7-9-10-12-23-15-17-25(18-16-23)24(13-8-5-2)14-11-20-26(21-27,22-28)19-6-3/h22-25H,4-20H2,1-3H3. The van der Waals surface area contributed by atoms with Gasteiger partial charge in [0.1, 0.15) is 11.7 Å². The van der Waals surface area contributed by atoms with Gasteiger partial charge in [-0.2, -0.15) is 5.26 Å². The van der Waals surface area contributed by atoms with Gasteiger partial charge >= 0.3 is 0 Å². The lowest BCUT2D eigenvalue weighted by Crippen LogP contribution is -2.24. The van der Waals surface area contributed by atoms with Crippen molar-refractivity contribution < 1.29 is 4.79 Å². The summed E-state index contributed by atoms with van der Waals surface area (Å²) in [5.74, 6) is 2.67. The second-order valence-electron chi connectivity index (χ2n) is 9.56. The zero-order chi connectivity index (χ0) is 20.7. The van der Waals surface area contributed by atoms with E-state index in [1.165, 1.54) is 83.5 Å². The summed E-state index contributed by atoms with van der Waals surface area (Å²) in [6, 6.07) is 2.33. The monoisotopic (exact) mass is 389 g/mol. The van der Waals surface area contributed by atoms with Gasteiger partial charge in [-0.05, 0) is 43.4 Å². The molecule has 0 N–H and O–H groups in total. The molecule has 162 valence electrons. The van der Waals surface area contributed by atoms with E-state index in [2.05, 4.69) is 26.8 Å². The van der Waals surface area contributed by atoms with Gasteiger partial charge in [0.2, 0.25) is 0 Å².